The van der Waals surface area contributed by atoms with E-state index in [1.54, 1.807) is 0 Å². The van der Waals surface area contributed by atoms with Crippen LogP contribution >= 0.6 is 15.9 Å². The Hall–Kier alpha value is -0.940. The highest BCUT2D eigenvalue weighted by Crippen LogP contribution is 2.12. The number of nitrogens with zero attached hydrogens (tertiary/aromatic N) is 3. The van der Waals surface area contributed by atoms with Gasteiger partial charge in [-0.25, -0.2) is 0 Å². The number of aliphatic hydroxyl groups excluding tert-OH is 1. The first-order valence-electron chi connectivity index (χ1n) is 3.91. The number of halogens is 1. The van der Waals surface area contributed by atoms with Gasteiger partial charge in [-0.3, -0.25) is 4.40 Å². The molecule has 2 aromatic heterocycles. The van der Waals surface area contributed by atoms with Gasteiger partial charge in [-0.1, -0.05) is 0 Å². The summed E-state index contributed by atoms with van der Waals surface area (Å²) in [5, 5.41) is 16.7. The maximum absolute atomic E-state index is 8.77. The number of rotatable bonds is 2. The van der Waals surface area contributed by atoms with Gasteiger partial charge in [0.05, 0.1) is 6.61 Å². The summed E-state index contributed by atoms with van der Waals surface area (Å²) in [6.07, 6.45) is 2.41. The molecule has 13 heavy (non-hydrogen) atoms. The second-order valence-corrected chi connectivity index (χ2v) is 3.58. The Kier molecular flexibility index (Phi) is 2.28. The monoisotopic (exact) mass is 241 g/mol. The zero-order chi connectivity index (χ0) is 9.26. The van der Waals surface area contributed by atoms with Gasteiger partial charge in [-0.2, -0.15) is 0 Å². The summed E-state index contributed by atoms with van der Waals surface area (Å²) in [7, 11) is 0. The molecule has 4 nitrogen and oxygen atoms in total. The van der Waals surface area contributed by atoms with Gasteiger partial charge in [-0.05, 0) is 28.1 Å². The van der Waals surface area contributed by atoms with Crippen LogP contribution in [0.5, 0.6) is 0 Å². The van der Waals surface area contributed by atoms with Crippen LogP contribution < -0.4 is 0 Å². The zero-order valence-corrected chi connectivity index (χ0v) is 8.40. The molecule has 2 heterocycles. The molecule has 0 aliphatic heterocycles. The molecule has 0 aliphatic rings. The molecule has 5 heteroatoms. The predicted molar refractivity (Wildman–Crippen MR) is 51.5 cm³/mol. The molecule has 2 aromatic rings. The van der Waals surface area contributed by atoms with Crippen molar-refractivity contribution in [2.75, 3.05) is 6.61 Å². The van der Waals surface area contributed by atoms with Crippen molar-refractivity contribution in [1.29, 1.82) is 0 Å². The minimum Gasteiger partial charge on any atom is -0.396 e. The molecule has 0 spiro atoms. The first-order chi connectivity index (χ1) is 6.31. The van der Waals surface area contributed by atoms with Crippen molar-refractivity contribution in [3.05, 3.63) is 28.6 Å². The van der Waals surface area contributed by atoms with Crippen molar-refractivity contribution in [3.63, 3.8) is 0 Å². The van der Waals surface area contributed by atoms with Gasteiger partial charge in [0.25, 0.3) is 0 Å². The molecule has 0 atom stereocenters. The van der Waals surface area contributed by atoms with Crippen LogP contribution in [0.4, 0.5) is 0 Å². The van der Waals surface area contributed by atoms with Gasteiger partial charge < -0.3 is 5.11 Å². The number of aromatic nitrogens is 3. The van der Waals surface area contributed by atoms with Gasteiger partial charge in [-0.15, -0.1) is 10.2 Å². The van der Waals surface area contributed by atoms with E-state index in [9.17, 15) is 0 Å². The van der Waals surface area contributed by atoms with Crippen LogP contribution in [0.2, 0.25) is 0 Å². The van der Waals surface area contributed by atoms with E-state index in [1.165, 1.54) is 0 Å². The lowest BCUT2D eigenvalue weighted by Gasteiger charge is -1.97. The predicted octanol–water partition coefficient (Wildman–Crippen LogP) is 1.03. The smallest absolute Gasteiger partial charge is 0.160 e. The molecular formula is C8H8BrN3O. The molecule has 0 fully saturated rings. The number of fused-ring (bicyclic) bond motifs is 1. The van der Waals surface area contributed by atoms with E-state index in [0.717, 1.165) is 15.9 Å². The second kappa shape index (κ2) is 3.43. The van der Waals surface area contributed by atoms with Crippen LogP contribution in [-0.2, 0) is 6.42 Å². The van der Waals surface area contributed by atoms with E-state index < -0.39 is 0 Å². The lowest BCUT2D eigenvalue weighted by molar-refractivity contribution is 0.296. The van der Waals surface area contributed by atoms with Crippen LogP contribution in [0.3, 0.4) is 0 Å². The van der Waals surface area contributed by atoms with Gasteiger partial charge in [0.2, 0.25) is 0 Å². The Balaban J connectivity index is 2.58. The first kappa shape index (κ1) is 8.65. The average molecular weight is 242 g/mol. The number of hydrogen-bond donors (Lipinski definition) is 1. The van der Waals surface area contributed by atoms with Gasteiger partial charge in [0.1, 0.15) is 5.82 Å². The van der Waals surface area contributed by atoms with Crippen molar-refractivity contribution >= 4 is 21.6 Å². The highest BCUT2D eigenvalue weighted by Gasteiger charge is 2.03. The third-order valence-corrected chi connectivity index (χ3v) is 2.24. The summed E-state index contributed by atoms with van der Waals surface area (Å²) in [5.74, 6) is 0.777. The third kappa shape index (κ3) is 1.57. The molecular weight excluding hydrogens is 234 g/mol. The SMILES string of the molecule is OCCc1nnc2ccc(Br)cn12. The van der Waals surface area contributed by atoms with Crippen molar-refractivity contribution in [2.45, 2.75) is 6.42 Å². The molecule has 1 N–H and O–H groups in total. The van der Waals surface area contributed by atoms with Crippen LogP contribution in [0.25, 0.3) is 5.65 Å². The Morgan fingerprint density at radius 3 is 3.00 bits per heavy atom. The fourth-order valence-electron chi connectivity index (χ4n) is 1.18. The number of aliphatic hydroxyl groups is 1. The molecule has 0 aromatic carbocycles. The van der Waals surface area contributed by atoms with E-state index in [-0.39, 0.29) is 6.61 Å². The van der Waals surface area contributed by atoms with E-state index >= 15 is 0 Å². The molecule has 0 aliphatic carbocycles. The van der Waals surface area contributed by atoms with Gasteiger partial charge in [0.15, 0.2) is 5.65 Å². The van der Waals surface area contributed by atoms with E-state index in [2.05, 4.69) is 26.1 Å². The molecule has 0 unspecified atom stereocenters. The largest absolute Gasteiger partial charge is 0.396 e. The molecule has 0 amide bonds. The lowest BCUT2D eigenvalue weighted by Crippen LogP contribution is -1.97. The van der Waals surface area contributed by atoms with Crippen molar-refractivity contribution in [3.8, 4) is 0 Å². The van der Waals surface area contributed by atoms with Crippen molar-refractivity contribution in [2.24, 2.45) is 0 Å². The first-order valence-corrected chi connectivity index (χ1v) is 4.70. The minimum atomic E-state index is 0.0906. The molecule has 0 radical (unpaired) electrons. The summed E-state index contributed by atoms with van der Waals surface area (Å²) in [6.45, 7) is 0.0906. The van der Waals surface area contributed by atoms with Gasteiger partial charge in [0, 0.05) is 17.1 Å². The Morgan fingerprint density at radius 1 is 1.38 bits per heavy atom. The van der Waals surface area contributed by atoms with Gasteiger partial charge >= 0.3 is 0 Å². The standard InChI is InChI=1S/C8H8BrN3O/c9-6-1-2-7-10-11-8(3-4-13)12(7)5-6/h1-2,5,13H,3-4H2. The second-order valence-electron chi connectivity index (χ2n) is 2.67. The topological polar surface area (TPSA) is 50.4 Å². The van der Waals surface area contributed by atoms with E-state index in [0.29, 0.717) is 6.42 Å². The maximum atomic E-state index is 8.77. The number of pyridine rings is 1. The summed E-state index contributed by atoms with van der Waals surface area (Å²) in [6, 6.07) is 3.78. The van der Waals surface area contributed by atoms with Crippen molar-refractivity contribution < 1.29 is 5.11 Å². The van der Waals surface area contributed by atoms with Crippen LogP contribution in [0.15, 0.2) is 22.8 Å². The Morgan fingerprint density at radius 2 is 2.23 bits per heavy atom. The third-order valence-electron chi connectivity index (χ3n) is 1.77. The Bertz CT molecular complexity index is 426. The van der Waals surface area contributed by atoms with E-state index in [4.69, 9.17) is 5.11 Å². The highest BCUT2D eigenvalue weighted by molar-refractivity contribution is 9.10. The quantitative estimate of drug-likeness (QED) is 0.855. The maximum Gasteiger partial charge on any atom is 0.160 e. The summed E-state index contributed by atoms with van der Waals surface area (Å²) in [4.78, 5) is 0. The molecule has 0 saturated heterocycles. The Labute approximate surface area is 83.3 Å². The van der Waals surface area contributed by atoms with Crippen molar-refractivity contribution in [1.82, 2.24) is 14.6 Å². The molecule has 2 rings (SSSR count). The summed E-state index contributed by atoms with van der Waals surface area (Å²) in [5.41, 5.74) is 0.798. The summed E-state index contributed by atoms with van der Waals surface area (Å²) < 4.78 is 2.83. The molecule has 0 bridgehead atoms. The molecule has 0 saturated carbocycles. The summed E-state index contributed by atoms with van der Waals surface area (Å²) >= 11 is 3.36. The van der Waals surface area contributed by atoms with Crippen LogP contribution in [0.1, 0.15) is 5.82 Å². The van der Waals surface area contributed by atoms with Crippen LogP contribution in [0, 0.1) is 0 Å². The highest BCUT2D eigenvalue weighted by atomic mass is 79.9. The average Bonchev–Trinajstić information content (AvgIpc) is 2.49. The zero-order valence-electron chi connectivity index (χ0n) is 6.81. The fraction of sp³-hybridized carbons (Fsp3) is 0.250. The lowest BCUT2D eigenvalue weighted by atomic mass is 10.4. The normalized spacial score (nSPS) is 10.9. The minimum absolute atomic E-state index is 0.0906. The molecule has 68 valence electrons. The fourth-order valence-corrected chi connectivity index (χ4v) is 1.52. The van der Waals surface area contributed by atoms with Crippen LogP contribution in [-0.4, -0.2) is 26.3 Å². The van der Waals surface area contributed by atoms with E-state index in [1.807, 2.05) is 22.7 Å². The number of hydrogen-bond acceptors (Lipinski definition) is 3.